The zero-order valence-electron chi connectivity index (χ0n) is 8.72. The molecule has 0 heterocycles. The quantitative estimate of drug-likeness (QED) is 0.231. The number of rotatable bonds is 6. The molecule has 8 nitrogen and oxygen atoms in total. The van der Waals surface area contributed by atoms with E-state index >= 15 is 0 Å². The van der Waals surface area contributed by atoms with Gasteiger partial charge >= 0.3 is 0 Å². The first-order valence-corrected chi connectivity index (χ1v) is 4.60. The van der Waals surface area contributed by atoms with Crippen molar-refractivity contribution in [2.45, 2.75) is 24.4 Å². The van der Waals surface area contributed by atoms with E-state index in [0.29, 0.717) is 0 Å². The van der Waals surface area contributed by atoms with Crippen molar-refractivity contribution in [1.82, 2.24) is 0 Å². The second-order valence-corrected chi connectivity index (χ2v) is 3.01. The Morgan fingerprint density at radius 1 is 0.562 bits per heavy atom. The lowest BCUT2D eigenvalue weighted by Crippen LogP contribution is -2.41. The number of aliphatic hydroxyl groups excluding tert-OH is 8. The largest absolute Gasteiger partial charge is 0.394 e. The van der Waals surface area contributed by atoms with Gasteiger partial charge in [-0.25, -0.2) is 0 Å². The average Bonchev–Trinajstić information content (AvgIpc) is 2.35. The van der Waals surface area contributed by atoms with Gasteiger partial charge in [0.05, 0.1) is 26.4 Å². The van der Waals surface area contributed by atoms with Crippen LogP contribution in [0.5, 0.6) is 0 Å². The smallest absolute Gasteiger partial charge is 0.110 e. The molecule has 0 rings (SSSR count). The van der Waals surface area contributed by atoms with Crippen molar-refractivity contribution in [2.75, 3.05) is 26.4 Å². The number of hydrogen-bond acceptors (Lipinski definition) is 8. The van der Waals surface area contributed by atoms with Gasteiger partial charge in [-0.2, -0.15) is 0 Å². The standard InChI is InChI=1S/C5H12O5.C3H8O3/c6-1-3(8)5(10)4(9)2-7;4-1-3(6)2-5/h3-10H,1-2H2;3-6H,1-2H2/t3-,4+,5+;. The van der Waals surface area contributed by atoms with Crippen molar-refractivity contribution >= 4 is 0 Å². The highest BCUT2D eigenvalue weighted by molar-refractivity contribution is 4.73. The van der Waals surface area contributed by atoms with Crippen LogP contribution in [0.25, 0.3) is 0 Å². The van der Waals surface area contributed by atoms with Gasteiger partial charge in [0.15, 0.2) is 0 Å². The predicted octanol–water partition coefficient (Wildman–Crippen LogP) is -4.61. The zero-order chi connectivity index (χ0) is 13.1. The molecule has 0 aromatic carbocycles. The molecule has 0 fully saturated rings. The molecule has 0 bridgehead atoms. The molecule has 0 aliphatic heterocycles. The van der Waals surface area contributed by atoms with Crippen LogP contribution >= 0.6 is 0 Å². The maximum atomic E-state index is 8.77. The molecule has 0 saturated carbocycles. The third-order valence-corrected chi connectivity index (χ3v) is 1.58. The molecule has 0 radical (unpaired) electrons. The first-order chi connectivity index (χ1) is 7.44. The van der Waals surface area contributed by atoms with Crippen molar-refractivity contribution in [3.63, 3.8) is 0 Å². The molecule has 3 atom stereocenters. The summed E-state index contributed by atoms with van der Waals surface area (Å²) in [6.07, 6.45) is -5.25. The Morgan fingerprint density at radius 2 is 0.875 bits per heavy atom. The normalized spacial score (nSPS) is 16.3. The van der Waals surface area contributed by atoms with Crippen LogP contribution in [0.1, 0.15) is 0 Å². The second-order valence-electron chi connectivity index (χ2n) is 3.01. The Morgan fingerprint density at radius 3 is 1.00 bits per heavy atom. The lowest BCUT2D eigenvalue weighted by Gasteiger charge is -2.19. The van der Waals surface area contributed by atoms with Crippen LogP contribution in [-0.2, 0) is 0 Å². The first kappa shape index (κ1) is 18.1. The Kier molecular flexibility index (Phi) is 12.6. The van der Waals surface area contributed by atoms with Crippen LogP contribution in [0.2, 0.25) is 0 Å². The molecular formula is C8H20O8. The summed E-state index contributed by atoms with van der Waals surface area (Å²) in [6, 6.07) is 0. The minimum absolute atomic E-state index is 0.365. The van der Waals surface area contributed by atoms with E-state index in [1.165, 1.54) is 0 Å². The highest BCUT2D eigenvalue weighted by Gasteiger charge is 2.22. The number of hydrogen-bond donors (Lipinski definition) is 8. The second kappa shape index (κ2) is 11.2. The van der Waals surface area contributed by atoms with Crippen molar-refractivity contribution < 1.29 is 40.9 Å². The summed E-state index contributed by atoms with van der Waals surface area (Å²) >= 11 is 0. The van der Waals surface area contributed by atoms with Crippen LogP contribution in [-0.4, -0.2) is 91.7 Å². The minimum atomic E-state index is -1.49. The molecule has 0 saturated heterocycles. The van der Waals surface area contributed by atoms with E-state index in [2.05, 4.69) is 0 Å². The fourth-order valence-electron chi connectivity index (χ4n) is 0.530. The maximum Gasteiger partial charge on any atom is 0.110 e. The summed E-state index contributed by atoms with van der Waals surface area (Å²) < 4.78 is 0. The first-order valence-electron chi connectivity index (χ1n) is 4.60. The number of aliphatic hydroxyl groups is 8. The Bertz CT molecular complexity index is 130. The molecule has 8 heteroatoms. The average molecular weight is 244 g/mol. The summed E-state index contributed by atoms with van der Waals surface area (Å²) in [5, 5.41) is 66.6. The molecule has 0 unspecified atom stereocenters. The van der Waals surface area contributed by atoms with Gasteiger partial charge in [-0.1, -0.05) is 0 Å². The maximum absolute atomic E-state index is 8.77. The van der Waals surface area contributed by atoms with Crippen LogP contribution < -0.4 is 0 Å². The molecule has 100 valence electrons. The van der Waals surface area contributed by atoms with Gasteiger partial charge in [-0.05, 0) is 0 Å². The van der Waals surface area contributed by atoms with E-state index in [9.17, 15) is 0 Å². The van der Waals surface area contributed by atoms with E-state index in [0.717, 1.165) is 0 Å². The van der Waals surface area contributed by atoms with E-state index in [1.807, 2.05) is 0 Å². The fourth-order valence-corrected chi connectivity index (χ4v) is 0.530. The fraction of sp³-hybridized carbons (Fsp3) is 1.00. The van der Waals surface area contributed by atoms with Crippen molar-refractivity contribution in [3.8, 4) is 0 Å². The topological polar surface area (TPSA) is 162 Å². The molecular weight excluding hydrogens is 224 g/mol. The van der Waals surface area contributed by atoms with Crippen LogP contribution in [0.3, 0.4) is 0 Å². The van der Waals surface area contributed by atoms with Crippen LogP contribution in [0, 0.1) is 0 Å². The van der Waals surface area contributed by atoms with Gasteiger partial charge in [0.1, 0.15) is 24.4 Å². The van der Waals surface area contributed by atoms with Crippen molar-refractivity contribution in [1.29, 1.82) is 0 Å². The molecule has 0 aliphatic rings. The lowest BCUT2D eigenvalue weighted by molar-refractivity contribution is -0.0900. The predicted molar refractivity (Wildman–Crippen MR) is 52.4 cm³/mol. The van der Waals surface area contributed by atoms with Crippen molar-refractivity contribution in [3.05, 3.63) is 0 Å². The summed E-state index contributed by atoms with van der Waals surface area (Å²) in [4.78, 5) is 0. The molecule has 0 aromatic rings. The minimum Gasteiger partial charge on any atom is -0.394 e. The summed E-state index contributed by atoms with van der Waals surface area (Å²) in [5.74, 6) is 0. The lowest BCUT2D eigenvalue weighted by atomic mass is 10.1. The molecule has 0 aromatic heterocycles. The third kappa shape index (κ3) is 8.95. The van der Waals surface area contributed by atoms with Crippen LogP contribution in [0.15, 0.2) is 0 Å². The van der Waals surface area contributed by atoms with Gasteiger partial charge in [-0.15, -0.1) is 0 Å². The summed E-state index contributed by atoms with van der Waals surface area (Å²) in [5.41, 5.74) is 0. The van der Waals surface area contributed by atoms with Gasteiger partial charge in [0.2, 0.25) is 0 Å². The molecule has 8 N–H and O–H groups in total. The highest BCUT2D eigenvalue weighted by Crippen LogP contribution is 1.97. The van der Waals surface area contributed by atoms with Crippen LogP contribution in [0.4, 0.5) is 0 Å². The van der Waals surface area contributed by atoms with E-state index in [1.54, 1.807) is 0 Å². The Labute approximate surface area is 92.7 Å². The SMILES string of the molecule is OCC(O)CO.OC[C@@H](O)[C@H](O)[C@@H](O)CO. The van der Waals surface area contributed by atoms with Gasteiger partial charge < -0.3 is 40.9 Å². The van der Waals surface area contributed by atoms with Gasteiger partial charge in [0.25, 0.3) is 0 Å². The van der Waals surface area contributed by atoms with Gasteiger partial charge in [-0.3, -0.25) is 0 Å². The van der Waals surface area contributed by atoms with Crippen molar-refractivity contribution in [2.24, 2.45) is 0 Å². The Balaban J connectivity index is 0. The molecule has 0 spiro atoms. The molecule has 0 amide bonds. The van der Waals surface area contributed by atoms with Gasteiger partial charge in [0, 0.05) is 0 Å². The zero-order valence-corrected chi connectivity index (χ0v) is 8.72. The summed E-state index contributed by atoms with van der Waals surface area (Å²) in [6.45, 7) is -2.01. The molecule has 0 aliphatic carbocycles. The van der Waals surface area contributed by atoms with E-state index in [-0.39, 0.29) is 13.2 Å². The summed E-state index contributed by atoms with van der Waals surface area (Å²) in [7, 11) is 0. The molecule has 16 heavy (non-hydrogen) atoms. The third-order valence-electron chi connectivity index (χ3n) is 1.58. The highest BCUT2D eigenvalue weighted by atomic mass is 16.4. The monoisotopic (exact) mass is 244 g/mol. The van der Waals surface area contributed by atoms with E-state index in [4.69, 9.17) is 40.9 Å². The Hall–Kier alpha value is -0.320. The van der Waals surface area contributed by atoms with E-state index < -0.39 is 37.6 Å².